The van der Waals surface area contributed by atoms with Crippen LogP contribution in [0.4, 0.5) is 15.8 Å². The first-order chi connectivity index (χ1) is 9.97. The Hall–Kier alpha value is -2.44. The van der Waals surface area contributed by atoms with Gasteiger partial charge in [0.05, 0.1) is 23.5 Å². The summed E-state index contributed by atoms with van der Waals surface area (Å²) < 4.78 is 14.2. The first kappa shape index (κ1) is 13.5. The van der Waals surface area contributed by atoms with Crippen LogP contribution in [0.25, 0.3) is 0 Å². The molecule has 1 saturated heterocycles. The van der Waals surface area contributed by atoms with Crippen LogP contribution in [0.1, 0.15) is 16.8 Å². The molecule has 6 nitrogen and oxygen atoms in total. The number of rotatable bonds is 1. The Balaban J connectivity index is 1.96. The van der Waals surface area contributed by atoms with Crippen molar-refractivity contribution in [2.45, 2.75) is 6.42 Å². The van der Waals surface area contributed by atoms with Gasteiger partial charge in [0.15, 0.2) is 0 Å². The number of nitrogens with zero attached hydrogens (tertiary/aromatic N) is 2. The number of amides is 2. The lowest BCUT2D eigenvalue weighted by atomic mass is 10.1. The molecule has 21 heavy (non-hydrogen) atoms. The van der Waals surface area contributed by atoms with Crippen LogP contribution in [0.3, 0.4) is 0 Å². The highest BCUT2D eigenvalue weighted by molar-refractivity contribution is 6.51. The zero-order valence-corrected chi connectivity index (χ0v) is 11.5. The average molecular weight is 291 g/mol. The molecule has 2 aliphatic rings. The second kappa shape index (κ2) is 4.83. The molecule has 0 unspecified atom stereocenters. The maximum absolute atomic E-state index is 14.2. The molecule has 2 heterocycles. The van der Waals surface area contributed by atoms with Crippen molar-refractivity contribution in [3.8, 4) is 0 Å². The number of hydrogen-bond acceptors (Lipinski definition) is 4. The zero-order valence-electron chi connectivity index (χ0n) is 11.5. The van der Waals surface area contributed by atoms with E-state index >= 15 is 0 Å². The van der Waals surface area contributed by atoms with Crippen LogP contribution in [0.5, 0.6) is 0 Å². The smallest absolute Gasteiger partial charge is 0.296 e. The maximum Gasteiger partial charge on any atom is 0.296 e. The Morgan fingerprint density at radius 3 is 2.71 bits per heavy atom. The molecule has 0 radical (unpaired) electrons. The van der Waals surface area contributed by atoms with Crippen molar-refractivity contribution >= 4 is 29.0 Å². The standard InChI is InChI=1S/C14H14FN3O3/c1-17-3-2-4-18(7-12(17)19)11-6-10-8(5-9(11)15)13(20)14(21)16-10/h5-6H,2-4,7H2,1H3,(H,16,20,21). The summed E-state index contributed by atoms with van der Waals surface area (Å²) in [6.45, 7) is 1.24. The van der Waals surface area contributed by atoms with E-state index in [0.717, 1.165) is 12.5 Å². The lowest BCUT2D eigenvalue weighted by Crippen LogP contribution is -2.34. The molecule has 0 bridgehead atoms. The van der Waals surface area contributed by atoms with Gasteiger partial charge in [-0.3, -0.25) is 14.4 Å². The Kier molecular flexibility index (Phi) is 3.12. The molecule has 1 aromatic rings. The van der Waals surface area contributed by atoms with E-state index in [1.807, 2.05) is 0 Å². The van der Waals surface area contributed by atoms with Gasteiger partial charge in [-0.1, -0.05) is 0 Å². The quantitative estimate of drug-likeness (QED) is 0.771. The maximum atomic E-state index is 14.2. The molecule has 3 rings (SSSR count). The molecule has 7 heteroatoms. The normalized spacial score (nSPS) is 18.7. The highest BCUT2D eigenvalue weighted by Gasteiger charge is 2.31. The molecule has 2 aliphatic heterocycles. The molecule has 2 amide bonds. The minimum Gasteiger partial charge on any atom is -0.360 e. The highest BCUT2D eigenvalue weighted by atomic mass is 19.1. The Bertz CT molecular complexity index is 659. The van der Waals surface area contributed by atoms with Gasteiger partial charge >= 0.3 is 0 Å². The summed E-state index contributed by atoms with van der Waals surface area (Å²) >= 11 is 0. The summed E-state index contributed by atoms with van der Waals surface area (Å²) in [7, 11) is 1.71. The van der Waals surface area contributed by atoms with Crippen molar-refractivity contribution in [3.63, 3.8) is 0 Å². The minimum atomic E-state index is -0.756. The summed E-state index contributed by atoms with van der Waals surface area (Å²) in [5.41, 5.74) is 0.568. The third kappa shape index (κ3) is 2.24. The number of hydrogen-bond donors (Lipinski definition) is 1. The minimum absolute atomic E-state index is 0.0412. The molecular weight excluding hydrogens is 277 g/mol. The van der Waals surface area contributed by atoms with E-state index < -0.39 is 17.5 Å². The summed E-state index contributed by atoms with van der Waals surface area (Å²) in [6.07, 6.45) is 0.726. The molecule has 0 saturated carbocycles. The summed E-state index contributed by atoms with van der Waals surface area (Å²) in [6, 6.07) is 2.48. The van der Waals surface area contributed by atoms with Crippen LogP contribution < -0.4 is 10.2 Å². The number of carbonyl (C=O) groups excluding carboxylic acids is 3. The summed E-state index contributed by atoms with van der Waals surface area (Å²) in [4.78, 5) is 38.0. The number of likely N-dealkylation sites (N-methyl/N-ethyl adjacent to an activating group) is 1. The second-order valence-corrected chi connectivity index (χ2v) is 5.22. The number of ketones is 1. The number of benzene rings is 1. The van der Waals surface area contributed by atoms with Gasteiger partial charge in [-0.2, -0.15) is 0 Å². The second-order valence-electron chi connectivity index (χ2n) is 5.22. The number of carbonyl (C=O) groups is 3. The number of nitrogens with one attached hydrogen (secondary N) is 1. The summed E-state index contributed by atoms with van der Waals surface area (Å²) in [5.74, 6) is -2.18. The lowest BCUT2D eigenvalue weighted by molar-refractivity contribution is -0.127. The van der Waals surface area contributed by atoms with Crippen molar-refractivity contribution in [3.05, 3.63) is 23.5 Å². The molecule has 110 valence electrons. The highest BCUT2D eigenvalue weighted by Crippen LogP contribution is 2.31. The molecule has 0 aliphatic carbocycles. The molecular formula is C14H14FN3O3. The van der Waals surface area contributed by atoms with Crippen LogP contribution in [0, 0.1) is 5.82 Å². The van der Waals surface area contributed by atoms with E-state index in [-0.39, 0.29) is 23.7 Å². The lowest BCUT2D eigenvalue weighted by Gasteiger charge is -2.23. The van der Waals surface area contributed by atoms with E-state index in [2.05, 4.69) is 5.32 Å². The number of halogens is 1. The van der Waals surface area contributed by atoms with Crippen LogP contribution >= 0.6 is 0 Å². The van der Waals surface area contributed by atoms with Gasteiger partial charge in [0.2, 0.25) is 5.91 Å². The van der Waals surface area contributed by atoms with E-state index in [0.29, 0.717) is 18.8 Å². The van der Waals surface area contributed by atoms with Gasteiger partial charge in [-0.25, -0.2) is 4.39 Å². The predicted octanol–water partition coefficient (Wildman–Crippen LogP) is 0.629. The average Bonchev–Trinajstić information content (AvgIpc) is 2.61. The van der Waals surface area contributed by atoms with Crippen molar-refractivity contribution < 1.29 is 18.8 Å². The molecule has 1 fully saturated rings. The van der Waals surface area contributed by atoms with E-state index in [9.17, 15) is 18.8 Å². The Labute approximate surface area is 120 Å². The molecule has 0 aromatic heterocycles. The molecule has 0 atom stereocenters. The van der Waals surface area contributed by atoms with E-state index in [1.54, 1.807) is 16.8 Å². The van der Waals surface area contributed by atoms with Crippen LogP contribution in [0.15, 0.2) is 12.1 Å². The first-order valence-corrected chi connectivity index (χ1v) is 6.65. The number of anilines is 2. The Morgan fingerprint density at radius 2 is 1.95 bits per heavy atom. The predicted molar refractivity (Wildman–Crippen MR) is 73.8 cm³/mol. The van der Waals surface area contributed by atoms with Crippen molar-refractivity contribution in [2.75, 3.05) is 36.9 Å². The van der Waals surface area contributed by atoms with Gasteiger partial charge in [0.25, 0.3) is 11.7 Å². The number of Topliss-reactive ketones (excluding diaryl/α,β-unsaturated/α-hetero) is 1. The van der Waals surface area contributed by atoms with Crippen LogP contribution in [0.2, 0.25) is 0 Å². The fraction of sp³-hybridized carbons (Fsp3) is 0.357. The SMILES string of the molecule is CN1CCCN(c2cc3c(cc2F)C(=O)C(=O)N3)CC1=O. The fourth-order valence-corrected chi connectivity index (χ4v) is 2.59. The molecule has 1 aromatic carbocycles. The van der Waals surface area contributed by atoms with E-state index in [4.69, 9.17) is 0 Å². The molecule has 1 N–H and O–H groups in total. The third-order valence-corrected chi connectivity index (χ3v) is 3.80. The van der Waals surface area contributed by atoms with Crippen LogP contribution in [-0.2, 0) is 9.59 Å². The van der Waals surface area contributed by atoms with E-state index in [1.165, 1.54) is 6.07 Å². The van der Waals surface area contributed by atoms with Gasteiger partial charge < -0.3 is 15.1 Å². The fourth-order valence-electron chi connectivity index (χ4n) is 2.59. The van der Waals surface area contributed by atoms with Gasteiger partial charge in [-0.05, 0) is 18.6 Å². The summed E-state index contributed by atoms with van der Waals surface area (Å²) in [5, 5.41) is 2.41. The third-order valence-electron chi connectivity index (χ3n) is 3.80. The topological polar surface area (TPSA) is 69.7 Å². The zero-order chi connectivity index (χ0) is 15.1. The molecule has 0 spiro atoms. The van der Waals surface area contributed by atoms with Crippen molar-refractivity contribution in [1.29, 1.82) is 0 Å². The van der Waals surface area contributed by atoms with Gasteiger partial charge in [-0.15, -0.1) is 0 Å². The van der Waals surface area contributed by atoms with Crippen LogP contribution in [-0.4, -0.2) is 49.2 Å². The number of fused-ring (bicyclic) bond motifs is 1. The van der Waals surface area contributed by atoms with Gasteiger partial charge in [0.1, 0.15) is 5.82 Å². The monoisotopic (exact) mass is 291 g/mol. The Morgan fingerprint density at radius 1 is 1.19 bits per heavy atom. The largest absolute Gasteiger partial charge is 0.360 e. The van der Waals surface area contributed by atoms with Crippen molar-refractivity contribution in [2.24, 2.45) is 0 Å². The first-order valence-electron chi connectivity index (χ1n) is 6.65. The van der Waals surface area contributed by atoms with Gasteiger partial charge in [0, 0.05) is 20.1 Å². The van der Waals surface area contributed by atoms with Crippen molar-refractivity contribution in [1.82, 2.24) is 4.90 Å².